The van der Waals surface area contributed by atoms with Crippen molar-refractivity contribution in [1.29, 1.82) is 0 Å². The van der Waals surface area contributed by atoms with Crippen LogP contribution in [0, 0.1) is 11.3 Å². The van der Waals surface area contributed by atoms with Crippen molar-refractivity contribution in [2.75, 3.05) is 13.1 Å². The zero-order valence-electron chi connectivity index (χ0n) is 17.6. The first-order valence-electron chi connectivity index (χ1n) is 11.2. The van der Waals surface area contributed by atoms with Crippen LogP contribution in [0.4, 0.5) is 0 Å². The number of rotatable bonds is 5. The molecule has 0 radical (unpaired) electrons. The van der Waals surface area contributed by atoms with Crippen molar-refractivity contribution < 1.29 is 9.59 Å². The lowest BCUT2D eigenvalue weighted by atomic mass is 9.72. The number of nitrogens with zero attached hydrogens (tertiary/aromatic N) is 2. The molecule has 0 atom stereocenters. The van der Waals surface area contributed by atoms with Crippen molar-refractivity contribution in [2.45, 2.75) is 51.4 Å². The van der Waals surface area contributed by atoms with Crippen molar-refractivity contribution in [3.63, 3.8) is 0 Å². The van der Waals surface area contributed by atoms with Crippen LogP contribution < -0.4 is 5.73 Å². The van der Waals surface area contributed by atoms with E-state index in [0.717, 1.165) is 42.4 Å². The Morgan fingerprint density at radius 2 is 1.53 bits per heavy atom. The van der Waals surface area contributed by atoms with Gasteiger partial charge in [-0.15, -0.1) is 0 Å². The Labute approximate surface area is 178 Å². The summed E-state index contributed by atoms with van der Waals surface area (Å²) >= 11 is 0. The SMILES string of the molecule is NC(=O)C1(Cc2ccc(-c3ccncc3)cc2)CCN(C(=O)C2CCCCC2)CC1. The van der Waals surface area contributed by atoms with E-state index in [0.29, 0.717) is 32.4 Å². The number of carbonyl (C=O) groups excluding carboxylic acids is 2. The number of aromatic nitrogens is 1. The normalized spacial score (nSPS) is 19.4. The fourth-order valence-corrected chi connectivity index (χ4v) is 5.02. The lowest BCUT2D eigenvalue weighted by Crippen LogP contribution is -2.51. The van der Waals surface area contributed by atoms with Crippen LogP contribution in [0.5, 0.6) is 0 Å². The molecule has 1 aromatic carbocycles. The lowest BCUT2D eigenvalue weighted by Gasteiger charge is -2.41. The van der Waals surface area contributed by atoms with Crippen LogP contribution >= 0.6 is 0 Å². The fourth-order valence-electron chi connectivity index (χ4n) is 5.02. The molecule has 2 N–H and O–H groups in total. The summed E-state index contributed by atoms with van der Waals surface area (Å²) in [5.74, 6) is 0.223. The Hall–Kier alpha value is -2.69. The number of amides is 2. The standard InChI is InChI=1S/C25H31N3O2/c26-24(30)25(12-16-28(17-13-25)23(29)22-4-2-1-3-5-22)18-19-6-8-20(9-7-19)21-10-14-27-15-11-21/h6-11,14-15,22H,1-5,12-13,16-18H2,(H2,26,30). The first-order valence-corrected chi connectivity index (χ1v) is 11.2. The second-order valence-corrected chi connectivity index (χ2v) is 8.91. The molecule has 0 bridgehead atoms. The van der Waals surface area contributed by atoms with E-state index in [2.05, 4.69) is 29.2 Å². The average Bonchev–Trinajstić information content (AvgIpc) is 2.81. The van der Waals surface area contributed by atoms with Gasteiger partial charge in [0.05, 0.1) is 5.41 Å². The predicted octanol–water partition coefficient (Wildman–Crippen LogP) is 3.97. The number of pyridine rings is 1. The highest BCUT2D eigenvalue weighted by Crippen LogP contribution is 2.37. The highest BCUT2D eigenvalue weighted by atomic mass is 16.2. The molecule has 1 aromatic heterocycles. The van der Waals surface area contributed by atoms with Gasteiger partial charge in [0.2, 0.25) is 11.8 Å². The number of piperidine rings is 1. The maximum atomic E-state index is 12.9. The monoisotopic (exact) mass is 405 g/mol. The lowest BCUT2D eigenvalue weighted by molar-refractivity contribution is -0.142. The number of carbonyl (C=O) groups is 2. The van der Waals surface area contributed by atoms with Crippen LogP contribution in [0.1, 0.15) is 50.5 Å². The third-order valence-corrected chi connectivity index (χ3v) is 7.02. The molecule has 0 unspecified atom stereocenters. The molecule has 2 aromatic rings. The summed E-state index contributed by atoms with van der Waals surface area (Å²) in [5, 5.41) is 0. The van der Waals surface area contributed by atoms with Crippen molar-refractivity contribution in [2.24, 2.45) is 17.1 Å². The van der Waals surface area contributed by atoms with E-state index in [1.807, 2.05) is 17.0 Å². The van der Waals surface area contributed by atoms with Crippen molar-refractivity contribution in [3.8, 4) is 11.1 Å². The highest BCUT2D eigenvalue weighted by molar-refractivity contribution is 5.83. The minimum Gasteiger partial charge on any atom is -0.369 e. The summed E-state index contributed by atoms with van der Waals surface area (Å²) in [5.41, 5.74) is 8.68. The molecule has 4 rings (SSSR count). The summed E-state index contributed by atoms with van der Waals surface area (Å²) < 4.78 is 0. The Kier molecular flexibility index (Phi) is 6.16. The molecule has 2 heterocycles. The van der Waals surface area contributed by atoms with Crippen molar-refractivity contribution in [1.82, 2.24) is 9.88 Å². The molecular weight excluding hydrogens is 374 g/mol. The van der Waals surface area contributed by atoms with Crippen molar-refractivity contribution in [3.05, 3.63) is 54.4 Å². The van der Waals surface area contributed by atoms with Gasteiger partial charge in [-0.3, -0.25) is 14.6 Å². The molecule has 1 saturated carbocycles. The van der Waals surface area contributed by atoms with E-state index in [9.17, 15) is 9.59 Å². The van der Waals surface area contributed by atoms with E-state index < -0.39 is 5.41 Å². The summed E-state index contributed by atoms with van der Waals surface area (Å²) in [6.07, 6.45) is 11.1. The molecule has 158 valence electrons. The number of nitrogens with two attached hydrogens (primary N) is 1. The predicted molar refractivity (Wildman–Crippen MR) is 117 cm³/mol. The van der Waals surface area contributed by atoms with Crippen LogP contribution in [0.3, 0.4) is 0 Å². The second-order valence-electron chi connectivity index (χ2n) is 8.91. The van der Waals surface area contributed by atoms with Gasteiger partial charge in [-0.1, -0.05) is 43.5 Å². The van der Waals surface area contributed by atoms with Crippen LogP contribution in [-0.2, 0) is 16.0 Å². The molecule has 2 aliphatic rings. The quantitative estimate of drug-likeness (QED) is 0.818. The molecular formula is C25H31N3O2. The van der Waals surface area contributed by atoms with Gasteiger partial charge < -0.3 is 10.6 Å². The minimum atomic E-state index is -0.568. The Morgan fingerprint density at radius 3 is 2.13 bits per heavy atom. The number of likely N-dealkylation sites (tertiary alicyclic amines) is 1. The molecule has 5 heteroatoms. The third kappa shape index (κ3) is 4.40. The van der Waals surface area contributed by atoms with E-state index in [1.54, 1.807) is 12.4 Å². The molecule has 30 heavy (non-hydrogen) atoms. The molecule has 2 amide bonds. The fraction of sp³-hybridized carbons (Fsp3) is 0.480. The summed E-state index contributed by atoms with van der Waals surface area (Å²) in [6.45, 7) is 1.26. The van der Waals surface area contributed by atoms with Crippen LogP contribution in [-0.4, -0.2) is 34.8 Å². The molecule has 1 aliphatic carbocycles. The maximum Gasteiger partial charge on any atom is 0.225 e. The summed E-state index contributed by atoms with van der Waals surface area (Å²) in [4.78, 5) is 31.4. The minimum absolute atomic E-state index is 0.181. The molecule has 0 spiro atoms. The first kappa shape index (κ1) is 20.6. The zero-order valence-corrected chi connectivity index (χ0v) is 17.6. The van der Waals surface area contributed by atoms with E-state index in [-0.39, 0.29) is 17.7 Å². The van der Waals surface area contributed by atoms with Gasteiger partial charge in [-0.2, -0.15) is 0 Å². The van der Waals surface area contributed by atoms with E-state index >= 15 is 0 Å². The molecule has 2 fully saturated rings. The van der Waals surface area contributed by atoms with Crippen LogP contribution in [0.2, 0.25) is 0 Å². The zero-order chi connectivity index (χ0) is 21.0. The summed E-state index contributed by atoms with van der Waals surface area (Å²) in [6, 6.07) is 12.3. The highest BCUT2D eigenvalue weighted by Gasteiger charge is 2.41. The Bertz CT molecular complexity index is 865. The Balaban J connectivity index is 1.42. The van der Waals surface area contributed by atoms with E-state index in [1.165, 1.54) is 6.42 Å². The number of hydrogen-bond donors (Lipinski definition) is 1. The van der Waals surface area contributed by atoms with Crippen molar-refractivity contribution >= 4 is 11.8 Å². The van der Waals surface area contributed by atoms with Gasteiger partial charge in [-0.05, 0) is 60.9 Å². The van der Waals surface area contributed by atoms with Gasteiger partial charge in [0.15, 0.2) is 0 Å². The van der Waals surface area contributed by atoms with Gasteiger partial charge in [0.1, 0.15) is 0 Å². The average molecular weight is 406 g/mol. The molecule has 1 saturated heterocycles. The first-order chi connectivity index (χ1) is 14.6. The van der Waals surface area contributed by atoms with Crippen LogP contribution in [0.15, 0.2) is 48.8 Å². The van der Waals surface area contributed by atoms with E-state index in [4.69, 9.17) is 5.73 Å². The number of primary amides is 1. The number of benzene rings is 1. The van der Waals surface area contributed by atoms with Gasteiger partial charge in [-0.25, -0.2) is 0 Å². The maximum absolute atomic E-state index is 12.9. The largest absolute Gasteiger partial charge is 0.369 e. The topological polar surface area (TPSA) is 76.3 Å². The molecule has 1 aliphatic heterocycles. The summed E-state index contributed by atoms with van der Waals surface area (Å²) in [7, 11) is 0. The smallest absolute Gasteiger partial charge is 0.225 e. The van der Waals surface area contributed by atoms with Gasteiger partial charge in [0, 0.05) is 31.4 Å². The van der Waals surface area contributed by atoms with Crippen LogP contribution in [0.25, 0.3) is 11.1 Å². The second kappa shape index (κ2) is 8.99. The Morgan fingerprint density at radius 1 is 0.933 bits per heavy atom. The number of hydrogen-bond acceptors (Lipinski definition) is 3. The third-order valence-electron chi connectivity index (χ3n) is 7.02. The van der Waals surface area contributed by atoms with Gasteiger partial charge in [0.25, 0.3) is 0 Å². The van der Waals surface area contributed by atoms with Gasteiger partial charge >= 0.3 is 0 Å². The molecule has 5 nitrogen and oxygen atoms in total.